The highest BCUT2D eigenvalue weighted by molar-refractivity contribution is 6.04. The van der Waals surface area contributed by atoms with Gasteiger partial charge in [0, 0.05) is 11.3 Å². The van der Waals surface area contributed by atoms with Crippen LogP contribution in [0.3, 0.4) is 0 Å². The number of hydrogen-bond acceptors (Lipinski definition) is 2. The molecule has 0 radical (unpaired) electrons. The maximum Gasteiger partial charge on any atom is 0.255 e. The number of carbonyl (C=O) groups excluding carboxylic acids is 1. The first-order valence-corrected chi connectivity index (χ1v) is 5.16. The fourth-order valence-corrected chi connectivity index (χ4v) is 1.46. The topological polar surface area (TPSA) is 52.9 Å². The largest absolute Gasteiger partial charge is 0.322 e. The van der Waals surface area contributed by atoms with Gasteiger partial charge in [0.15, 0.2) is 0 Å². The Morgan fingerprint density at radius 1 is 1.06 bits per heavy atom. The summed E-state index contributed by atoms with van der Waals surface area (Å²) in [5, 5.41) is 11.5. The molecule has 0 aliphatic heterocycles. The zero-order valence-corrected chi connectivity index (χ0v) is 9.05. The van der Waals surface area contributed by atoms with Crippen molar-refractivity contribution in [2.75, 3.05) is 5.32 Å². The first-order chi connectivity index (χ1) is 8.29. The van der Waals surface area contributed by atoms with E-state index in [-0.39, 0.29) is 5.91 Å². The molecule has 1 amide bonds. The maximum absolute atomic E-state index is 11.8. The molecular weight excluding hydrogens is 212 g/mol. The number of carbonyl (C=O) groups is 1. The molecule has 0 saturated carbocycles. The molecule has 0 atom stereocenters. The van der Waals surface area contributed by atoms with Crippen LogP contribution in [-0.2, 0) is 0 Å². The summed E-state index contributed by atoms with van der Waals surface area (Å²) >= 11 is 0. The summed E-state index contributed by atoms with van der Waals surface area (Å²) in [5.41, 5.74) is 1.74. The van der Waals surface area contributed by atoms with Crippen molar-refractivity contribution in [3.05, 3.63) is 65.7 Å². The molecule has 0 aliphatic rings. The minimum absolute atomic E-state index is 0.180. The van der Waals surface area contributed by atoms with Gasteiger partial charge in [-0.3, -0.25) is 4.79 Å². The van der Waals surface area contributed by atoms with E-state index < -0.39 is 0 Å². The second-order valence-electron chi connectivity index (χ2n) is 3.51. The van der Waals surface area contributed by atoms with Gasteiger partial charge in [-0.2, -0.15) is 5.26 Å². The van der Waals surface area contributed by atoms with Crippen LogP contribution >= 0.6 is 0 Å². The molecule has 3 heteroatoms. The van der Waals surface area contributed by atoms with Gasteiger partial charge in [-0.25, -0.2) is 0 Å². The van der Waals surface area contributed by atoms with E-state index in [4.69, 9.17) is 5.26 Å². The third-order valence-electron chi connectivity index (χ3n) is 2.29. The van der Waals surface area contributed by atoms with E-state index in [1.54, 1.807) is 48.5 Å². The molecule has 0 aromatic heterocycles. The molecule has 0 unspecified atom stereocenters. The molecule has 2 aromatic carbocycles. The molecule has 0 bridgehead atoms. The fourth-order valence-electron chi connectivity index (χ4n) is 1.46. The Hall–Kier alpha value is -2.60. The van der Waals surface area contributed by atoms with Crippen molar-refractivity contribution in [2.45, 2.75) is 0 Å². The lowest BCUT2D eigenvalue weighted by Crippen LogP contribution is -2.11. The normalized spacial score (nSPS) is 9.35. The third-order valence-corrected chi connectivity index (χ3v) is 2.29. The van der Waals surface area contributed by atoms with E-state index in [9.17, 15) is 4.79 Å². The van der Waals surface area contributed by atoms with Gasteiger partial charge < -0.3 is 5.32 Å². The number of rotatable bonds is 2. The van der Waals surface area contributed by atoms with E-state index in [2.05, 4.69) is 5.32 Å². The number of amides is 1. The Morgan fingerprint density at radius 2 is 1.82 bits per heavy atom. The smallest absolute Gasteiger partial charge is 0.255 e. The van der Waals surface area contributed by atoms with Gasteiger partial charge in [-0.05, 0) is 30.3 Å². The van der Waals surface area contributed by atoms with Crippen molar-refractivity contribution < 1.29 is 4.79 Å². The molecule has 2 rings (SSSR count). The fraction of sp³-hybridized carbons (Fsp3) is 0. The Morgan fingerprint density at radius 3 is 2.53 bits per heavy atom. The van der Waals surface area contributed by atoms with Crippen molar-refractivity contribution >= 4 is 11.6 Å². The zero-order chi connectivity index (χ0) is 12.1. The number of hydrogen-bond donors (Lipinski definition) is 1. The van der Waals surface area contributed by atoms with E-state index >= 15 is 0 Å². The van der Waals surface area contributed by atoms with E-state index in [0.717, 1.165) is 0 Å². The van der Waals surface area contributed by atoms with Gasteiger partial charge in [-0.15, -0.1) is 0 Å². The van der Waals surface area contributed by atoms with Crippen LogP contribution in [0, 0.1) is 11.3 Å². The molecule has 0 saturated heterocycles. The first kappa shape index (κ1) is 10.9. The van der Waals surface area contributed by atoms with Crippen LogP contribution in [0.4, 0.5) is 5.69 Å². The molecule has 2 aromatic rings. The molecule has 1 N–H and O–H groups in total. The van der Waals surface area contributed by atoms with Gasteiger partial charge in [0.25, 0.3) is 5.91 Å². The monoisotopic (exact) mass is 222 g/mol. The van der Waals surface area contributed by atoms with Crippen molar-refractivity contribution in [1.29, 1.82) is 5.26 Å². The molecule has 3 nitrogen and oxygen atoms in total. The highest BCUT2D eigenvalue weighted by Gasteiger charge is 2.04. The standard InChI is InChI=1S/C14H10N2O/c15-10-11-5-4-8-13(9-11)16-14(17)12-6-2-1-3-7-12/h1-9H,(H,16,17). The molecule has 0 heterocycles. The van der Waals surface area contributed by atoms with Crippen LogP contribution in [0.5, 0.6) is 0 Å². The molecule has 0 spiro atoms. The number of anilines is 1. The van der Waals surface area contributed by atoms with E-state index in [0.29, 0.717) is 16.8 Å². The molecular formula is C14H10N2O. The lowest BCUT2D eigenvalue weighted by molar-refractivity contribution is 0.102. The summed E-state index contributed by atoms with van der Waals surface area (Å²) in [7, 11) is 0. The molecule has 17 heavy (non-hydrogen) atoms. The highest BCUT2D eigenvalue weighted by atomic mass is 16.1. The lowest BCUT2D eigenvalue weighted by Gasteiger charge is -2.04. The van der Waals surface area contributed by atoms with Gasteiger partial charge >= 0.3 is 0 Å². The van der Waals surface area contributed by atoms with Crippen LogP contribution in [0.2, 0.25) is 0 Å². The van der Waals surface area contributed by atoms with Crippen LogP contribution in [-0.4, -0.2) is 5.91 Å². The summed E-state index contributed by atoms with van der Waals surface area (Å²) in [6, 6.07) is 17.8. The SMILES string of the molecule is N#Cc1cccc(NC(=O)c2ccccc2)c1. The predicted octanol–water partition coefficient (Wildman–Crippen LogP) is 2.81. The minimum Gasteiger partial charge on any atom is -0.322 e. The van der Waals surface area contributed by atoms with Crippen LogP contribution in [0.1, 0.15) is 15.9 Å². The number of nitrogens with one attached hydrogen (secondary N) is 1. The van der Waals surface area contributed by atoms with E-state index in [1.807, 2.05) is 12.1 Å². The van der Waals surface area contributed by atoms with Crippen molar-refractivity contribution in [1.82, 2.24) is 0 Å². The Kier molecular flexibility index (Phi) is 3.18. The summed E-state index contributed by atoms with van der Waals surface area (Å²) < 4.78 is 0. The summed E-state index contributed by atoms with van der Waals surface area (Å²) in [6.07, 6.45) is 0. The number of nitrogens with zero attached hydrogens (tertiary/aromatic N) is 1. The van der Waals surface area contributed by atoms with Crippen LogP contribution in [0.15, 0.2) is 54.6 Å². The minimum atomic E-state index is -0.180. The second-order valence-corrected chi connectivity index (χ2v) is 3.51. The van der Waals surface area contributed by atoms with Crippen molar-refractivity contribution in [2.24, 2.45) is 0 Å². The average Bonchev–Trinajstić information content (AvgIpc) is 2.40. The van der Waals surface area contributed by atoms with Crippen LogP contribution < -0.4 is 5.32 Å². The van der Waals surface area contributed by atoms with Gasteiger partial charge in [0.1, 0.15) is 0 Å². The molecule has 0 aliphatic carbocycles. The number of benzene rings is 2. The van der Waals surface area contributed by atoms with Gasteiger partial charge in [0.05, 0.1) is 11.6 Å². The van der Waals surface area contributed by atoms with Crippen molar-refractivity contribution in [3.8, 4) is 6.07 Å². The Labute approximate surface area is 99.3 Å². The lowest BCUT2D eigenvalue weighted by atomic mass is 10.2. The third kappa shape index (κ3) is 2.70. The maximum atomic E-state index is 11.8. The number of nitriles is 1. The predicted molar refractivity (Wildman–Crippen MR) is 65.6 cm³/mol. The summed E-state index contributed by atoms with van der Waals surface area (Å²) in [6.45, 7) is 0. The highest BCUT2D eigenvalue weighted by Crippen LogP contribution is 2.11. The van der Waals surface area contributed by atoms with Crippen LogP contribution in [0.25, 0.3) is 0 Å². The van der Waals surface area contributed by atoms with Crippen molar-refractivity contribution in [3.63, 3.8) is 0 Å². The second kappa shape index (κ2) is 4.95. The molecule has 0 fully saturated rings. The first-order valence-electron chi connectivity index (χ1n) is 5.16. The zero-order valence-electron chi connectivity index (χ0n) is 9.05. The molecule has 82 valence electrons. The van der Waals surface area contributed by atoms with Gasteiger partial charge in [0.2, 0.25) is 0 Å². The van der Waals surface area contributed by atoms with E-state index in [1.165, 1.54) is 0 Å². The van der Waals surface area contributed by atoms with Gasteiger partial charge in [-0.1, -0.05) is 24.3 Å². The summed E-state index contributed by atoms with van der Waals surface area (Å²) in [4.78, 5) is 11.8. The Bertz CT molecular complexity index is 570. The Balaban J connectivity index is 2.17. The quantitative estimate of drug-likeness (QED) is 0.849. The summed E-state index contributed by atoms with van der Waals surface area (Å²) in [5.74, 6) is -0.180. The average molecular weight is 222 g/mol.